The largest absolute Gasteiger partial charge is 0.497 e. The number of rotatable bonds is 2. The lowest BCUT2D eigenvalue weighted by Crippen LogP contribution is -2.16. The summed E-state index contributed by atoms with van der Waals surface area (Å²) in [6, 6.07) is 12.7. The summed E-state index contributed by atoms with van der Waals surface area (Å²) in [7, 11) is 1.52. The van der Waals surface area contributed by atoms with E-state index in [1.807, 2.05) is 18.2 Å². The smallest absolute Gasteiger partial charge is 0.337 e. The number of hydrogen-bond donors (Lipinski definition) is 0. The van der Waals surface area contributed by atoms with Crippen LogP contribution in [0, 0.1) is 23.3 Å². The zero-order chi connectivity index (χ0) is 19.2. The number of ether oxygens (including phenoxy) is 2. The average molecular weight is 363 g/mol. The first kappa shape index (κ1) is 19.4. The van der Waals surface area contributed by atoms with E-state index in [2.05, 4.69) is 42.9 Å². The van der Waals surface area contributed by atoms with Gasteiger partial charge < -0.3 is 9.47 Å². The molecular weight excluding hydrogens is 340 g/mol. The van der Waals surface area contributed by atoms with E-state index < -0.39 is 8.07 Å². The van der Waals surface area contributed by atoms with E-state index in [1.165, 1.54) is 7.11 Å². The van der Waals surface area contributed by atoms with Crippen LogP contribution in [0.2, 0.25) is 19.6 Å². The van der Waals surface area contributed by atoms with Gasteiger partial charge in [-0.3, -0.25) is 0 Å². The molecule has 0 atom stereocenters. The highest BCUT2D eigenvalue weighted by Gasteiger charge is 2.08. The molecule has 2 aromatic carbocycles. The Kier molecular flexibility index (Phi) is 6.28. The van der Waals surface area contributed by atoms with Crippen molar-refractivity contribution in [3.8, 4) is 29.1 Å². The van der Waals surface area contributed by atoms with E-state index in [9.17, 15) is 4.79 Å². The van der Waals surface area contributed by atoms with Gasteiger partial charge in [0.05, 0.1) is 19.8 Å². The zero-order valence-corrected chi connectivity index (χ0v) is 16.8. The molecule has 0 unspecified atom stereocenters. The highest BCUT2D eigenvalue weighted by atomic mass is 28.3. The van der Waals surface area contributed by atoms with Crippen molar-refractivity contribution < 1.29 is 14.3 Å². The highest BCUT2D eigenvalue weighted by Crippen LogP contribution is 2.17. The van der Waals surface area contributed by atoms with Crippen molar-refractivity contribution >= 4 is 14.0 Å². The summed E-state index contributed by atoms with van der Waals surface area (Å²) in [5.74, 6) is 9.94. The van der Waals surface area contributed by atoms with Crippen molar-refractivity contribution in [3.63, 3.8) is 0 Å². The molecule has 4 heteroatoms. The summed E-state index contributed by atoms with van der Waals surface area (Å²) in [5, 5.41) is 0. The topological polar surface area (TPSA) is 35.5 Å². The predicted molar refractivity (Wildman–Crippen MR) is 107 cm³/mol. The second-order valence-electron chi connectivity index (χ2n) is 6.73. The van der Waals surface area contributed by atoms with Crippen LogP contribution in [-0.4, -0.2) is 28.3 Å². The molecule has 26 heavy (non-hydrogen) atoms. The molecule has 0 heterocycles. The molecule has 0 saturated carbocycles. The molecule has 0 saturated heterocycles. The molecule has 3 nitrogen and oxygen atoms in total. The molecule has 0 radical (unpaired) electrons. The molecule has 0 aliphatic heterocycles. The Bertz CT molecular complexity index is 914. The Labute approximate surface area is 156 Å². The number of carbonyl (C=O) groups excluding carboxylic acids is 1. The summed E-state index contributed by atoms with van der Waals surface area (Å²) >= 11 is 0. The lowest BCUT2D eigenvalue weighted by Gasteiger charge is -2.05. The highest BCUT2D eigenvalue weighted by molar-refractivity contribution is 6.83. The Hall–Kier alpha value is -2.95. The van der Waals surface area contributed by atoms with Gasteiger partial charge in [-0.2, -0.15) is 0 Å². The minimum absolute atomic E-state index is 0.360. The van der Waals surface area contributed by atoms with Crippen LogP contribution in [-0.2, 0) is 4.74 Å². The van der Waals surface area contributed by atoms with E-state index in [1.54, 1.807) is 31.4 Å². The number of benzene rings is 2. The normalized spacial score (nSPS) is 10.0. The van der Waals surface area contributed by atoms with Crippen LogP contribution >= 0.6 is 0 Å². The maximum absolute atomic E-state index is 11.5. The molecule has 0 fully saturated rings. The molecule has 2 rings (SSSR count). The number of esters is 1. The van der Waals surface area contributed by atoms with Crippen molar-refractivity contribution in [2.24, 2.45) is 0 Å². The number of methoxy groups -OCH3 is 2. The molecule has 0 spiro atoms. The molecule has 0 aromatic heterocycles. The first-order valence-corrected chi connectivity index (χ1v) is 11.7. The minimum atomic E-state index is -1.48. The van der Waals surface area contributed by atoms with E-state index in [0.29, 0.717) is 5.56 Å². The third-order valence-electron chi connectivity index (χ3n) is 3.45. The van der Waals surface area contributed by atoms with Crippen molar-refractivity contribution in [2.75, 3.05) is 14.2 Å². The fraction of sp³-hybridized carbons (Fsp3) is 0.227. The van der Waals surface area contributed by atoms with Gasteiger partial charge >= 0.3 is 5.97 Å². The van der Waals surface area contributed by atoms with E-state index in [4.69, 9.17) is 9.47 Å². The fourth-order valence-corrected chi connectivity index (χ4v) is 2.57. The maximum atomic E-state index is 11.5. The molecule has 132 valence electrons. The van der Waals surface area contributed by atoms with Gasteiger partial charge in [0.2, 0.25) is 0 Å². The van der Waals surface area contributed by atoms with Crippen molar-refractivity contribution in [3.05, 3.63) is 64.7 Å². The monoisotopic (exact) mass is 362 g/mol. The van der Waals surface area contributed by atoms with Gasteiger partial charge in [-0.05, 0) is 42.5 Å². The summed E-state index contributed by atoms with van der Waals surface area (Å²) in [6.07, 6.45) is 0. The second-order valence-corrected chi connectivity index (χ2v) is 11.5. The van der Waals surface area contributed by atoms with E-state index >= 15 is 0 Å². The number of carbonyl (C=O) groups is 1. The molecular formula is C22H22O3Si. The van der Waals surface area contributed by atoms with Crippen LogP contribution in [0.25, 0.3) is 0 Å². The fourth-order valence-electron chi connectivity index (χ4n) is 2.06. The van der Waals surface area contributed by atoms with Gasteiger partial charge in [0.15, 0.2) is 0 Å². The van der Waals surface area contributed by atoms with Crippen LogP contribution in [0.15, 0.2) is 42.5 Å². The van der Waals surface area contributed by atoms with Gasteiger partial charge in [0.1, 0.15) is 13.8 Å². The Morgan fingerprint density at radius 2 is 1.58 bits per heavy atom. The molecule has 0 bridgehead atoms. The Morgan fingerprint density at radius 3 is 2.15 bits per heavy atom. The first-order chi connectivity index (χ1) is 12.3. The predicted octanol–water partition coefficient (Wildman–Crippen LogP) is 4.11. The quantitative estimate of drug-likeness (QED) is 0.458. The summed E-state index contributed by atoms with van der Waals surface area (Å²) in [4.78, 5) is 11.5. The van der Waals surface area contributed by atoms with Crippen molar-refractivity contribution in [2.45, 2.75) is 19.6 Å². The summed E-state index contributed by atoms with van der Waals surface area (Å²) < 4.78 is 10.0. The average Bonchev–Trinajstić information content (AvgIpc) is 2.64. The second kappa shape index (κ2) is 8.42. The van der Waals surface area contributed by atoms with E-state index in [-0.39, 0.29) is 5.97 Å². The van der Waals surface area contributed by atoms with Gasteiger partial charge in [0, 0.05) is 16.7 Å². The van der Waals surface area contributed by atoms with Crippen LogP contribution in [0.3, 0.4) is 0 Å². The molecule has 2 aromatic rings. The van der Waals surface area contributed by atoms with Crippen molar-refractivity contribution in [1.29, 1.82) is 0 Å². The zero-order valence-electron chi connectivity index (χ0n) is 15.8. The minimum Gasteiger partial charge on any atom is -0.497 e. The third-order valence-corrected chi connectivity index (χ3v) is 4.32. The third kappa shape index (κ3) is 5.55. The van der Waals surface area contributed by atoms with Crippen LogP contribution in [0.5, 0.6) is 5.75 Å². The van der Waals surface area contributed by atoms with Gasteiger partial charge in [0.25, 0.3) is 0 Å². The maximum Gasteiger partial charge on any atom is 0.337 e. The molecule has 0 aliphatic rings. The van der Waals surface area contributed by atoms with Gasteiger partial charge in [-0.25, -0.2) is 4.79 Å². The van der Waals surface area contributed by atoms with Crippen LogP contribution in [0.1, 0.15) is 27.0 Å². The lowest BCUT2D eigenvalue weighted by molar-refractivity contribution is 0.0600. The standard InChI is InChI=1S/C22H22O3Si/c1-24-21-13-12-18(14-15-26(3,4)5)20(16-21)11-8-17-6-9-19(10-7-17)22(23)25-2/h6-7,9-10,12-13,16H,1-5H3. The van der Waals surface area contributed by atoms with Crippen LogP contribution < -0.4 is 4.74 Å². The summed E-state index contributed by atoms with van der Waals surface area (Å²) in [5.41, 5.74) is 6.40. The van der Waals surface area contributed by atoms with E-state index in [0.717, 1.165) is 22.4 Å². The first-order valence-electron chi connectivity index (χ1n) is 8.24. The Morgan fingerprint density at radius 1 is 0.885 bits per heavy atom. The Balaban J connectivity index is 2.37. The van der Waals surface area contributed by atoms with Crippen LogP contribution in [0.4, 0.5) is 0 Å². The number of hydrogen-bond acceptors (Lipinski definition) is 3. The van der Waals surface area contributed by atoms with Gasteiger partial charge in [-0.1, -0.05) is 37.4 Å². The molecule has 0 N–H and O–H groups in total. The SMILES string of the molecule is COC(=O)c1ccc(C#Cc2cc(OC)ccc2C#C[Si](C)(C)C)cc1. The summed E-state index contributed by atoms with van der Waals surface area (Å²) in [6.45, 7) is 6.62. The molecule has 0 amide bonds. The van der Waals surface area contributed by atoms with Crippen molar-refractivity contribution in [1.82, 2.24) is 0 Å². The van der Waals surface area contributed by atoms with Gasteiger partial charge in [-0.15, -0.1) is 5.54 Å². The lowest BCUT2D eigenvalue weighted by atomic mass is 10.1. The molecule has 0 aliphatic carbocycles.